The van der Waals surface area contributed by atoms with Gasteiger partial charge in [-0.15, -0.1) is 0 Å². The van der Waals surface area contributed by atoms with Crippen LogP contribution in [0.3, 0.4) is 0 Å². The molecule has 1 heterocycles. The van der Waals surface area contributed by atoms with Crippen LogP contribution >= 0.6 is 11.8 Å². The number of ether oxygens (including phenoxy) is 1. The number of aryl methyl sites for hydroxylation is 2. The van der Waals surface area contributed by atoms with E-state index in [2.05, 4.69) is 10.3 Å². The average Bonchev–Trinajstić information content (AvgIpc) is 2.84. The van der Waals surface area contributed by atoms with E-state index >= 15 is 0 Å². The minimum Gasteiger partial charge on any atom is -0.497 e. The molecule has 0 aliphatic rings. The third-order valence-electron chi connectivity index (χ3n) is 5.47. The van der Waals surface area contributed by atoms with Gasteiger partial charge < -0.3 is 10.1 Å². The van der Waals surface area contributed by atoms with Crippen LogP contribution in [0.2, 0.25) is 0 Å². The predicted octanol–water partition coefficient (Wildman–Crippen LogP) is 4.65. The van der Waals surface area contributed by atoms with Crippen molar-refractivity contribution in [2.45, 2.75) is 19.0 Å². The molecule has 178 valence electrons. The van der Waals surface area contributed by atoms with Gasteiger partial charge in [0.25, 0.3) is 11.2 Å². The topological polar surface area (TPSA) is 116 Å². The zero-order chi connectivity index (χ0) is 25.1. The third kappa shape index (κ3) is 5.02. The van der Waals surface area contributed by atoms with Crippen molar-refractivity contribution in [3.8, 4) is 11.4 Å². The number of fused-ring (bicyclic) bond motifs is 1. The Balaban J connectivity index is 1.68. The molecule has 0 aliphatic carbocycles. The first-order valence-electron chi connectivity index (χ1n) is 10.6. The summed E-state index contributed by atoms with van der Waals surface area (Å²) in [7, 11) is 1.53. The maximum absolute atomic E-state index is 13.4. The fourth-order valence-electron chi connectivity index (χ4n) is 3.55. The normalized spacial score (nSPS) is 10.8. The number of methoxy groups -OCH3 is 1. The molecule has 10 heteroatoms. The first-order chi connectivity index (χ1) is 16.8. The van der Waals surface area contributed by atoms with Gasteiger partial charge in [0.1, 0.15) is 11.4 Å². The molecular weight excluding hydrogens is 468 g/mol. The highest BCUT2D eigenvalue weighted by Crippen LogP contribution is 2.29. The Morgan fingerprint density at radius 2 is 1.86 bits per heavy atom. The van der Waals surface area contributed by atoms with Crippen LogP contribution in [0.15, 0.2) is 70.6 Å². The quantitative estimate of drug-likeness (QED) is 0.173. The second-order valence-electron chi connectivity index (χ2n) is 7.80. The zero-order valence-electron chi connectivity index (χ0n) is 19.3. The number of aromatic nitrogens is 2. The van der Waals surface area contributed by atoms with Crippen LogP contribution in [0.1, 0.15) is 11.1 Å². The molecule has 0 fully saturated rings. The zero-order valence-corrected chi connectivity index (χ0v) is 20.1. The van der Waals surface area contributed by atoms with Crippen molar-refractivity contribution >= 4 is 39.9 Å². The smallest absolute Gasteiger partial charge is 0.293 e. The van der Waals surface area contributed by atoms with E-state index in [1.54, 1.807) is 61.5 Å². The molecule has 0 saturated carbocycles. The number of hydrogen-bond acceptors (Lipinski definition) is 7. The maximum atomic E-state index is 13.4. The van der Waals surface area contributed by atoms with Gasteiger partial charge >= 0.3 is 0 Å². The van der Waals surface area contributed by atoms with Crippen LogP contribution in [0.4, 0.5) is 11.4 Å². The molecule has 0 aliphatic heterocycles. The van der Waals surface area contributed by atoms with Gasteiger partial charge in [0.15, 0.2) is 5.16 Å². The van der Waals surface area contributed by atoms with E-state index < -0.39 is 10.8 Å². The molecule has 1 amide bonds. The number of rotatable bonds is 7. The van der Waals surface area contributed by atoms with Gasteiger partial charge in [-0.3, -0.25) is 24.3 Å². The lowest BCUT2D eigenvalue weighted by Gasteiger charge is -2.14. The molecule has 4 rings (SSSR count). The number of para-hydroxylation sites is 1. The molecule has 4 aromatic rings. The maximum Gasteiger partial charge on any atom is 0.293 e. The minimum absolute atomic E-state index is 0.112. The van der Waals surface area contributed by atoms with Gasteiger partial charge in [0, 0.05) is 12.1 Å². The number of amides is 1. The van der Waals surface area contributed by atoms with Crippen LogP contribution < -0.4 is 15.6 Å². The van der Waals surface area contributed by atoms with Crippen molar-refractivity contribution in [2.75, 3.05) is 18.2 Å². The number of benzene rings is 3. The Bertz CT molecular complexity index is 1520. The van der Waals surface area contributed by atoms with E-state index in [1.807, 2.05) is 6.92 Å². The third-order valence-corrected chi connectivity index (χ3v) is 6.41. The Hall–Kier alpha value is -4.18. The fraction of sp³-hybridized carbons (Fsp3) is 0.160. The SMILES string of the molecule is COc1cccc(-n2c(SCC(=O)Nc3cc(C)c(C)cc3[N+](=O)[O-])nc3ccccc3c2=O)c1. The van der Waals surface area contributed by atoms with E-state index in [9.17, 15) is 19.7 Å². The highest BCUT2D eigenvalue weighted by Gasteiger charge is 2.19. The van der Waals surface area contributed by atoms with Crippen LogP contribution in [-0.2, 0) is 4.79 Å². The summed E-state index contributed by atoms with van der Waals surface area (Å²) in [5, 5.41) is 14.8. The summed E-state index contributed by atoms with van der Waals surface area (Å²) >= 11 is 1.06. The number of hydrogen-bond donors (Lipinski definition) is 1. The van der Waals surface area contributed by atoms with Crippen LogP contribution in [0, 0.1) is 24.0 Å². The summed E-state index contributed by atoms with van der Waals surface area (Å²) in [6, 6.07) is 17.0. The molecule has 1 N–H and O–H groups in total. The highest BCUT2D eigenvalue weighted by atomic mass is 32.2. The summed E-state index contributed by atoms with van der Waals surface area (Å²) in [5.41, 5.74) is 2.29. The first-order valence-corrected chi connectivity index (χ1v) is 11.6. The molecule has 0 atom stereocenters. The Morgan fingerprint density at radius 3 is 2.60 bits per heavy atom. The van der Waals surface area contributed by atoms with E-state index in [4.69, 9.17) is 4.74 Å². The minimum atomic E-state index is -0.527. The standard InChI is InChI=1S/C25H22N4O5S/c1-15-11-21(22(29(32)33)12-16(15)2)26-23(30)14-35-25-27-20-10-5-4-9-19(20)24(31)28(25)17-7-6-8-18(13-17)34-3/h4-13H,14H2,1-3H3,(H,26,30). The molecule has 3 aromatic carbocycles. The Labute approximate surface area is 204 Å². The summed E-state index contributed by atoms with van der Waals surface area (Å²) in [4.78, 5) is 41.7. The average molecular weight is 491 g/mol. The molecule has 0 radical (unpaired) electrons. The van der Waals surface area contributed by atoms with Gasteiger partial charge in [0.05, 0.1) is 34.4 Å². The number of nitrogens with one attached hydrogen (secondary N) is 1. The van der Waals surface area contributed by atoms with Crippen molar-refractivity contribution in [3.05, 3.63) is 92.3 Å². The van der Waals surface area contributed by atoms with E-state index in [1.165, 1.54) is 17.7 Å². The van der Waals surface area contributed by atoms with Crippen molar-refractivity contribution < 1.29 is 14.5 Å². The lowest BCUT2D eigenvalue weighted by molar-refractivity contribution is -0.384. The summed E-state index contributed by atoms with van der Waals surface area (Å²) in [5.74, 6) is -0.00185. The molecule has 1 aromatic heterocycles. The molecule has 0 unspecified atom stereocenters. The van der Waals surface area contributed by atoms with Crippen molar-refractivity contribution in [1.82, 2.24) is 9.55 Å². The number of carbonyl (C=O) groups excluding carboxylic acids is 1. The van der Waals surface area contributed by atoms with Crippen molar-refractivity contribution in [3.63, 3.8) is 0 Å². The number of thioether (sulfide) groups is 1. The Morgan fingerprint density at radius 1 is 1.11 bits per heavy atom. The van der Waals surface area contributed by atoms with Gasteiger partial charge in [0.2, 0.25) is 5.91 Å². The van der Waals surface area contributed by atoms with Gasteiger partial charge in [-0.1, -0.05) is 30.0 Å². The molecule has 0 bridgehead atoms. The summed E-state index contributed by atoms with van der Waals surface area (Å²) in [6.45, 7) is 3.59. The first kappa shape index (κ1) is 24.0. The monoisotopic (exact) mass is 490 g/mol. The van der Waals surface area contributed by atoms with Gasteiger partial charge in [-0.05, 0) is 55.3 Å². The molecular formula is C25H22N4O5S. The molecule has 9 nitrogen and oxygen atoms in total. The second kappa shape index (κ2) is 9.98. The van der Waals surface area contributed by atoms with Crippen LogP contribution in [-0.4, -0.2) is 33.2 Å². The Kier molecular flexibility index (Phi) is 6.83. The largest absolute Gasteiger partial charge is 0.497 e. The lowest BCUT2D eigenvalue weighted by Crippen LogP contribution is -2.23. The number of carbonyl (C=O) groups is 1. The van der Waals surface area contributed by atoms with Crippen LogP contribution in [0.5, 0.6) is 5.75 Å². The number of nitrogens with zero attached hydrogens (tertiary/aromatic N) is 3. The van der Waals surface area contributed by atoms with E-state index in [-0.39, 0.29) is 22.7 Å². The summed E-state index contributed by atoms with van der Waals surface area (Å²) < 4.78 is 6.73. The number of nitro benzene ring substituents is 1. The highest BCUT2D eigenvalue weighted by molar-refractivity contribution is 7.99. The molecule has 35 heavy (non-hydrogen) atoms. The fourth-order valence-corrected chi connectivity index (χ4v) is 4.37. The predicted molar refractivity (Wildman–Crippen MR) is 136 cm³/mol. The van der Waals surface area contributed by atoms with E-state index in [0.717, 1.165) is 22.9 Å². The van der Waals surface area contributed by atoms with E-state index in [0.29, 0.717) is 27.5 Å². The molecule has 0 spiro atoms. The lowest BCUT2D eigenvalue weighted by atomic mass is 10.1. The van der Waals surface area contributed by atoms with Crippen molar-refractivity contribution in [1.29, 1.82) is 0 Å². The number of anilines is 1. The van der Waals surface area contributed by atoms with Crippen LogP contribution in [0.25, 0.3) is 16.6 Å². The number of nitro groups is 1. The second-order valence-corrected chi connectivity index (χ2v) is 8.74. The van der Waals surface area contributed by atoms with Gasteiger partial charge in [-0.25, -0.2) is 4.98 Å². The summed E-state index contributed by atoms with van der Waals surface area (Å²) in [6.07, 6.45) is 0. The van der Waals surface area contributed by atoms with Gasteiger partial charge in [-0.2, -0.15) is 0 Å². The van der Waals surface area contributed by atoms with Crippen molar-refractivity contribution in [2.24, 2.45) is 0 Å². The molecule has 0 saturated heterocycles.